The second kappa shape index (κ2) is 11.0. The van der Waals surface area contributed by atoms with Gasteiger partial charge in [0.25, 0.3) is 0 Å². The SMILES string of the molecule is CCC.CCCN(C)C(C)CC. The molecule has 1 nitrogen and oxygen atoms in total. The highest BCUT2D eigenvalue weighted by molar-refractivity contribution is 4.58. The molecule has 1 heteroatoms. The molecular weight excluding hydrogens is 146 g/mol. The normalized spacial score (nSPS) is 12.2. The molecule has 0 aromatic heterocycles. The lowest BCUT2D eigenvalue weighted by atomic mass is 10.2. The van der Waals surface area contributed by atoms with Crippen LogP contribution in [0, 0.1) is 0 Å². The summed E-state index contributed by atoms with van der Waals surface area (Å²) in [5.74, 6) is 0. The van der Waals surface area contributed by atoms with Gasteiger partial charge in [-0.25, -0.2) is 0 Å². The van der Waals surface area contributed by atoms with Gasteiger partial charge in [-0.05, 0) is 33.4 Å². The predicted molar refractivity (Wildman–Crippen MR) is 58.6 cm³/mol. The zero-order valence-electron chi connectivity index (χ0n) is 9.85. The summed E-state index contributed by atoms with van der Waals surface area (Å²) < 4.78 is 0. The molecule has 0 bridgehead atoms. The van der Waals surface area contributed by atoms with E-state index in [2.05, 4.69) is 46.6 Å². The Labute approximate surface area is 79.2 Å². The van der Waals surface area contributed by atoms with Crippen molar-refractivity contribution >= 4 is 0 Å². The first-order valence-electron chi connectivity index (χ1n) is 5.34. The van der Waals surface area contributed by atoms with Crippen molar-refractivity contribution in [1.29, 1.82) is 0 Å². The fraction of sp³-hybridized carbons (Fsp3) is 1.00. The standard InChI is InChI=1S/C8H19N.C3H8/c1-5-7-9(4)8(3)6-2;1-3-2/h8H,5-7H2,1-4H3;3H2,1-2H3. The molecule has 0 aromatic carbocycles. The van der Waals surface area contributed by atoms with E-state index < -0.39 is 0 Å². The zero-order valence-corrected chi connectivity index (χ0v) is 9.85. The number of nitrogens with zero attached hydrogens (tertiary/aromatic N) is 1. The Morgan fingerprint density at radius 3 is 1.75 bits per heavy atom. The van der Waals surface area contributed by atoms with Gasteiger partial charge in [-0.3, -0.25) is 0 Å². The van der Waals surface area contributed by atoms with Crippen LogP contribution in [0.5, 0.6) is 0 Å². The van der Waals surface area contributed by atoms with Crippen LogP contribution in [-0.4, -0.2) is 24.5 Å². The first-order chi connectivity index (χ1) is 5.63. The topological polar surface area (TPSA) is 3.24 Å². The molecule has 0 saturated heterocycles. The highest BCUT2D eigenvalue weighted by Crippen LogP contribution is 1.99. The van der Waals surface area contributed by atoms with Gasteiger partial charge in [0, 0.05) is 6.04 Å². The molecular formula is C11H27N. The second-order valence-corrected chi connectivity index (χ2v) is 3.44. The summed E-state index contributed by atoms with van der Waals surface area (Å²) in [5.41, 5.74) is 0. The molecule has 0 aliphatic carbocycles. The van der Waals surface area contributed by atoms with E-state index in [0.29, 0.717) is 0 Å². The molecule has 0 rings (SSSR count). The molecule has 0 spiro atoms. The Hall–Kier alpha value is -0.0400. The lowest BCUT2D eigenvalue weighted by molar-refractivity contribution is 0.252. The molecule has 12 heavy (non-hydrogen) atoms. The van der Waals surface area contributed by atoms with Gasteiger partial charge in [-0.15, -0.1) is 0 Å². The summed E-state index contributed by atoms with van der Waals surface area (Å²) in [5, 5.41) is 0. The van der Waals surface area contributed by atoms with Crippen LogP contribution in [0.2, 0.25) is 0 Å². The summed E-state index contributed by atoms with van der Waals surface area (Å²) in [6.07, 6.45) is 3.78. The van der Waals surface area contributed by atoms with Crippen LogP contribution < -0.4 is 0 Å². The monoisotopic (exact) mass is 173 g/mol. The van der Waals surface area contributed by atoms with Gasteiger partial charge in [-0.1, -0.05) is 34.1 Å². The quantitative estimate of drug-likeness (QED) is 0.628. The highest BCUT2D eigenvalue weighted by Gasteiger charge is 2.02. The van der Waals surface area contributed by atoms with Crippen LogP contribution in [-0.2, 0) is 0 Å². The maximum absolute atomic E-state index is 2.40. The molecule has 0 saturated carbocycles. The van der Waals surface area contributed by atoms with Crippen molar-refractivity contribution in [2.24, 2.45) is 0 Å². The van der Waals surface area contributed by atoms with E-state index in [0.717, 1.165) is 6.04 Å². The van der Waals surface area contributed by atoms with E-state index in [1.165, 1.54) is 25.8 Å². The molecule has 1 unspecified atom stereocenters. The van der Waals surface area contributed by atoms with E-state index >= 15 is 0 Å². The van der Waals surface area contributed by atoms with Gasteiger partial charge in [0.1, 0.15) is 0 Å². The van der Waals surface area contributed by atoms with Gasteiger partial charge in [-0.2, -0.15) is 0 Å². The average molecular weight is 173 g/mol. The van der Waals surface area contributed by atoms with Crippen molar-refractivity contribution in [3.8, 4) is 0 Å². The number of rotatable bonds is 4. The van der Waals surface area contributed by atoms with Crippen molar-refractivity contribution in [1.82, 2.24) is 4.90 Å². The Balaban J connectivity index is 0. The summed E-state index contributed by atoms with van der Waals surface area (Å²) in [7, 11) is 2.19. The van der Waals surface area contributed by atoms with Crippen molar-refractivity contribution in [2.75, 3.05) is 13.6 Å². The molecule has 0 amide bonds. The third-order valence-electron chi connectivity index (χ3n) is 1.92. The molecule has 0 aliphatic rings. The van der Waals surface area contributed by atoms with Crippen molar-refractivity contribution < 1.29 is 0 Å². The van der Waals surface area contributed by atoms with Gasteiger partial charge < -0.3 is 4.90 Å². The van der Waals surface area contributed by atoms with Crippen LogP contribution in [0.15, 0.2) is 0 Å². The lowest BCUT2D eigenvalue weighted by Gasteiger charge is -2.22. The smallest absolute Gasteiger partial charge is 0.00612 e. The highest BCUT2D eigenvalue weighted by atomic mass is 15.1. The Morgan fingerprint density at radius 2 is 1.50 bits per heavy atom. The largest absolute Gasteiger partial charge is 0.304 e. The van der Waals surface area contributed by atoms with Crippen LogP contribution in [0.4, 0.5) is 0 Å². The Kier molecular flexibility index (Phi) is 13.2. The fourth-order valence-corrected chi connectivity index (χ4v) is 0.885. The van der Waals surface area contributed by atoms with Gasteiger partial charge in [0.05, 0.1) is 0 Å². The molecule has 76 valence electrons. The van der Waals surface area contributed by atoms with Crippen molar-refractivity contribution in [2.45, 2.75) is 59.9 Å². The van der Waals surface area contributed by atoms with Crippen LogP contribution >= 0.6 is 0 Å². The van der Waals surface area contributed by atoms with Crippen molar-refractivity contribution in [3.63, 3.8) is 0 Å². The summed E-state index contributed by atoms with van der Waals surface area (Å²) in [6, 6.07) is 0.755. The molecule has 1 atom stereocenters. The minimum Gasteiger partial charge on any atom is -0.304 e. The van der Waals surface area contributed by atoms with Gasteiger partial charge in [0.15, 0.2) is 0 Å². The average Bonchev–Trinajstić information content (AvgIpc) is 2.05. The summed E-state index contributed by atoms with van der Waals surface area (Å²) in [4.78, 5) is 2.40. The fourth-order valence-electron chi connectivity index (χ4n) is 0.885. The van der Waals surface area contributed by atoms with Crippen molar-refractivity contribution in [3.05, 3.63) is 0 Å². The molecule has 0 fully saturated rings. The predicted octanol–water partition coefficient (Wildman–Crippen LogP) is 3.54. The van der Waals surface area contributed by atoms with E-state index in [4.69, 9.17) is 0 Å². The van der Waals surface area contributed by atoms with E-state index in [1.54, 1.807) is 0 Å². The van der Waals surface area contributed by atoms with Crippen LogP contribution in [0.25, 0.3) is 0 Å². The van der Waals surface area contributed by atoms with E-state index in [9.17, 15) is 0 Å². The van der Waals surface area contributed by atoms with Crippen LogP contribution in [0.3, 0.4) is 0 Å². The maximum atomic E-state index is 2.40. The molecule has 0 heterocycles. The van der Waals surface area contributed by atoms with E-state index in [-0.39, 0.29) is 0 Å². The van der Waals surface area contributed by atoms with Gasteiger partial charge in [0.2, 0.25) is 0 Å². The molecule has 0 aromatic rings. The number of hydrogen-bond donors (Lipinski definition) is 0. The molecule has 0 aliphatic heterocycles. The van der Waals surface area contributed by atoms with Gasteiger partial charge >= 0.3 is 0 Å². The second-order valence-electron chi connectivity index (χ2n) is 3.44. The number of hydrogen-bond acceptors (Lipinski definition) is 1. The molecule has 0 N–H and O–H groups in total. The Morgan fingerprint density at radius 1 is 1.08 bits per heavy atom. The van der Waals surface area contributed by atoms with E-state index in [1.807, 2.05) is 0 Å². The van der Waals surface area contributed by atoms with Crippen LogP contribution in [0.1, 0.15) is 53.9 Å². The first-order valence-corrected chi connectivity index (χ1v) is 5.34. The summed E-state index contributed by atoms with van der Waals surface area (Å²) >= 11 is 0. The minimum atomic E-state index is 0.755. The lowest BCUT2D eigenvalue weighted by Crippen LogP contribution is -2.28. The zero-order chi connectivity index (χ0) is 9.98. The third-order valence-corrected chi connectivity index (χ3v) is 1.92. The third kappa shape index (κ3) is 9.96. The Bertz CT molecular complexity index is 71.4. The maximum Gasteiger partial charge on any atom is 0.00612 e. The first kappa shape index (κ1) is 14.5. The molecule has 0 radical (unpaired) electrons. The minimum absolute atomic E-state index is 0.755. The summed E-state index contributed by atoms with van der Waals surface area (Å²) in [6.45, 7) is 12.2.